The molecule has 0 aliphatic heterocycles. The van der Waals surface area contributed by atoms with E-state index in [2.05, 4.69) is 10.6 Å². The number of thioether (sulfide) groups is 1. The molecule has 0 aromatic heterocycles. The van der Waals surface area contributed by atoms with Gasteiger partial charge in [-0.05, 0) is 43.7 Å². The quantitative estimate of drug-likeness (QED) is 0.508. The Balaban J connectivity index is 2.01. The average Bonchev–Trinajstić information content (AvgIpc) is 2.69. The Morgan fingerprint density at radius 2 is 1.93 bits per heavy atom. The van der Waals surface area contributed by atoms with E-state index in [1.54, 1.807) is 7.11 Å². The van der Waals surface area contributed by atoms with Gasteiger partial charge in [0.05, 0.1) is 25.4 Å². The minimum Gasteiger partial charge on any atom is -0.493 e. The van der Waals surface area contributed by atoms with Gasteiger partial charge in [0.1, 0.15) is 0 Å². The number of methoxy groups -OCH3 is 1. The number of nitrogens with one attached hydrogen (secondary N) is 2. The molecule has 2 aromatic rings. The molecule has 0 fully saturated rings. The highest BCUT2D eigenvalue weighted by Crippen LogP contribution is 2.31. The predicted octanol–water partition coefficient (Wildman–Crippen LogP) is 3.94. The average molecular weight is 418 g/mol. The summed E-state index contributed by atoms with van der Waals surface area (Å²) in [5, 5.41) is 5.79. The van der Waals surface area contributed by atoms with Gasteiger partial charge in [-0.2, -0.15) is 0 Å². The summed E-state index contributed by atoms with van der Waals surface area (Å²) in [6.07, 6.45) is 0.280. The summed E-state index contributed by atoms with van der Waals surface area (Å²) in [6, 6.07) is 12.4. The fraction of sp³-hybridized carbons (Fsp3) is 0.333. The molecule has 0 aliphatic rings. The van der Waals surface area contributed by atoms with Crippen molar-refractivity contribution in [1.82, 2.24) is 5.32 Å². The monoisotopic (exact) mass is 417 g/mol. The Labute approximate surface area is 175 Å². The van der Waals surface area contributed by atoms with Gasteiger partial charge < -0.3 is 25.8 Å². The van der Waals surface area contributed by atoms with E-state index in [1.807, 2.05) is 56.3 Å². The van der Waals surface area contributed by atoms with Crippen LogP contribution in [-0.4, -0.2) is 31.4 Å². The van der Waals surface area contributed by atoms with Crippen LogP contribution in [0.2, 0.25) is 0 Å². The zero-order valence-electron chi connectivity index (χ0n) is 16.9. The number of amides is 3. The number of anilines is 1. The molecule has 8 heteroatoms. The normalized spacial score (nSPS) is 11.4. The molecule has 0 spiro atoms. The highest BCUT2D eigenvalue weighted by molar-refractivity contribution is 7.99. The van der Waals surface area contributed by atoms with E-state index in [0.717, 1.165) is 10.5 Å². The van der Waals surface area contributed by atoms with Crippen LogP contribution in [0.1, 0.15) is 31.9 Å². The van der Waals surface area contributed by atoms with Crippen LogP contribution >= 0.6 is 11.8 Å². The Kier molecular flexibility index (Phi) is 8.67. The van der Waals surface area contributed by atoms with E-state index in [0.29, 0.717) is 29.5 Å². The van der Waals surface area contributed by atoms with Gasteiger partial charge in [0.15, 0.2) is 11.5 Å². The molecule has 1 atom stereocenters. The molecule has 1 unspecified atom stereocenters. The summed E-state index contributed by atoms with van der Waals surface area (Å²) < 4.78 is 10.9. The number of primary amides is 1. The second-order valence-corrected chi connectivity index (χ2v) is 7.36. The molecule has 0 saturated carbocycles. The zero-order valence-corrected chi connectivity index (χ0v) is 17.7. The first-order valence-electron chi connectivity index (χ1n) is 9.33. The Morgan fingerprint density at radius 1 is 1.17 bits per heavy atom. The third kappa shape index (κ3) is 6.90. The summed E-state index contributed by atoms with van der Waals surface area (Å²) in [5.41, 5.74) is 6.75. The van der Waals surface area contributed by atoms with Crippen LogP contribution in [0.15, 0.2) is 47.4 Å². The minimum atomic E-state index is -0.347. The van der Waals surface area contributed by atoms with Gasteiger partial charge in [0, 0.05) is 17.1 Å². The molecular formula is C21H27N3O4S. The lowest BCUT2D eigenvalue weighted by Gasteiger charge is -2.18. The summed E-state index contributed by atoms with van der Waals surface area (Å²) >= 11 is 1.47. The van der Waals surface area contributed by atoms with E-state index in [1.165, 1.54) is 11.8 Å². The van der Waals surface area contributed by atoms with Crippen LogP contribution < -0.4 is 25.8 Å². The summed E-state index contributed by atoms with van der Waals surface area (Å²) in [4.78, 5) is 24.3. The first-order valence-corrected chi connectivity index (χ1v) is 10.3. The summed E-state index contributed by atoms with van der Waals surface area (Å²) in [6.45, 7) is 4.34. The molecule has 2 aromatic carbocycles. The standard InChI is InChI=1S/C21H27N3O4S/c1-4-28-17-10-9-15(13-18(17)27-3)14(2)23-21(26)24-16-7-5-6-8-19(16)29-12-11-20(22)25/h5-10,13-14H,4,11-12H2,1-3H3,(H2,22,25)(H2,23,24,26). The van der Waals surface area contributed by atoms with Gasteiger partial charge in [0.25, 0.3) is 0 Å². The van der Waals surface area contributed by atoms with Crippen molar-refractivity contribution in [3.8, 4) is 11.5 Å². The summed E-state index contributed by atoms with van der Waals surface area (Å²) in [5.74, 6) is 1.49. The third-order valence-corrected chi connectivity index (χ3v) is 5.15. The fourth-order valence-electron chi connectivity index (χ4n) is 2.62. The number of urea groups is 1. The maximum Gasteiger partial charge on any atom is 0.319 e. The molecule has 3 amide bonds. The van der Waals surface area contributed by atoms with Crippen LogP contribution in [0, 0.1) is 0 Å². The lowest BCUT2D eigenvalue weighted by molar-refractivity contribution is -0.117. The second kappa shape index (κ2) is 11.2. The van der Waals surface area contributed by atoms with Crippen LogP contribution in [-0.2, 0) is 4.79 Å². The van der Waals surface area contributed by atoms with Crippen molar-refractivity contribution in [2.45, 2.75) is 31.2 Å². The molecule has 156 valence electrons. The van der Waals surface area contributed by atoms with Crippen molar-refractivity contribution in [2.75, 3.05) is 24.8 Å². The van der Waals surface area contributed by atoms with Gasteiger partial charge in [0.2, 0.25) is 5.91 Å². The Morgan fingerprint density at radius 3 is 2.62 bits per heavy atom. The first kappa shape index (κ1) is 22.4. The van der Waals surface area contributed by atoms with E-state index in [4.69, 9.17) is 15.2 Å². The fourth-order valence-corrected chi connectivity index (χ4v) is 3.60. The molecule has 29 heavy (non-hydrogen) atoms. The van der Waals surface area contributed by atoms with Crippen LogP contribution in [0.5, 0.6) is 11.5 Å². The first-order chi connectivity index (χ1) is 13.9. The van der Waals surface area contributed by atoms with Crippen molar-refractivity contribution in [3.05, 3.63) is 48.0 Å². The van der Waals surface area contributed by atoms with E-state index >= 15 is 0 Å². The van der Waals surface area contributed by atoms with Crippen molar-refractivity contribution in [3.63, 3.8) is 0 Å². The lowest BCUT2D eigenvalue weighted by atomic mass is 10.1. The molecular weight excluding hydrogens is 390 g/mol. The van der Waals surface area contributed by atoms with Crippen LogP contribution in [0.3, 0.4) is 0 Å². The maximum atomic E-state index is 12.5. The second-order valence-electron chi connectivity index (χ2n) is 6.22. The summed E-state index contributed by atoms with van der Waals surface area (Å²) in [7, 11) is 1.58. The number of carbonyl (C=O) groups excluding carboxylic acids is 2. The molecule has 2 rings (SSSR count). The predicted molar refractivity (Wildman–Crippen MR) is 116 cm³/mol. The highest BCUT2D eigenvalue weighted by atomic mass is 32.2. The number of rotatable bonds is 10. The van der Waals surface area contributed by atoms with Gasteiger partial charge in [-0.25, -0.2) is 4.79 Å². The van der Waals surface area contributed by atoms with Crippen molar-refractivity contribution >= 4 is 29.4 Å². The Bertz CT molecular complexity index is 844. The lowest BCUT2D eigenvalue weighted by Crippen LogP contribution is -2.31. The molecule has 0 bridgehead atoms. The van der Waals surface area contributed by atoms with Crippen LogP contribution in [0.25, 0.3) is 0 Å². The largest absolute Gasteiger partial charge is 0.493 e. The SMILES string of the molecule is CCOc1ccc(C(C)NC(=O)Nc2ccccc2SCCC(N)=O)cc1OC. The third-order valence-electron chi connectivity index (χ3n) is 4.08. The molecule has 0 aliphatic carbocycles. The van der Waals surface area contributed by atoms with Crippen molar-refractivity contribution in [2.24, 2.45) is 5.73 Å². The smallest absolute Gasteiger partial charge is 0.319 e. The molecule has 0 saturated heterocycles. The molecule has 0 radical (unpaired) electrons. The number of nitrogens with two attached hydrogens (primary N) is 1. The Hall–Kier alpha value is -2.87. The van der Waals surface area contributed by atoms with Crippen molar-refractivity contribution < 1.29 is 19.1 Å². The highest BCUT2D eigenvalue weighted by Gasteiger charge is 2.14. The number of carbonyl (C=O) groups is 2. The van der Waals surface area contributed by atoms with Gasteiger partial charge in [-0.3, -0.25) is 4.79 Å². The van der Waals surface area contributed by atoms with E-state index in [-0.39, 0.29) is 24.4 Å². The number of para-hydroxylation sites is 1. The van der Waals surface area contributed by atoms with E-state index in [9.17, 15) is 9.59 Å². The topological polar surface area (TPSA) is 103 Å². The van der Waals surface area contributed by atoms with Crippen LogP contribution in [0.4, 0.5) is 10.5 Å². The minimum absolute atomic E-state index is 0.241. The zero-order chi connectivity index (χ0) is 21.2. The number of hydrogen-bond donors (Lipinski definition) is 3. The van der Waals surface area contributed by atoms with Gasteiger partial charge >= 0.3 is 6.03 Å². The number of ether oxygens (including phenoxy) is 2. The van der Waals surface area contributed by atoms with E-state index < -0.39 is 0 Å². The van der Waals surface area contributed by atoms with Crippen molar-refractivity contribution in [1.29, 1.82) is 0 Å². The molecule has 0 heterocycles. The maximum absolute atomic E-state index is 12.5. The van der Waals surface area contributed by atoms with Gasteiger partial charge in [-0.15, -0.1) is 11.8 Å². The number of benzene rings is 2. The molecule has 4 N–H and O–H groups in total. The number of hydrogen-bond acceptors (Lipinski definition) is 5. The molecule has 7 nitrogen and oxygen atoms in total. The van der Waals surface area contributed by atoms with Gasteiger partial charge in [-0.1, -0.05) is 18.2 Å².